The Morgan fingerprint density at radius 2 is 1.75 bits per heavy atom. The molecule has 2 heteroatoms. The van der Waals surface area contributed by atoms with Crippen LogP contribution in [0.5, 0.6) is 0 Å². The molecule has 0 heterocycles. The van der Waals surface area contributed by atoms with Crippen LogP contribution in [0.3, 0.4) is 0 Å². The van der Waals surface area contributed by atoms with Crippen molar-refractivity contribution >= 4 is 11.8 Å². The van der Waals surface area contributed by atoms with E-state index in [9.17, 15) is 0 Å². The Morgan fingerprint density at radius 1 is 1.05 bits per heavy atom. The number of unbranched alkanes of at least 4 members (excludes halogenated alkanes) is 1. The Bertz CT molecular complexity index is 533. The Morgan fingerprint density at radius 3 is 2.40 bits per heavy atom. The number of rotatable bonds is 6. The van der Waals surface area contributed by atoms with Crippen molar-refractivity contribution < 1.29 is 0 Å². The van der Waals surface area contributed by atoms with Crippen LogP contribution in [0.25, 0.3) is 0 Å². The Balaban J connectivity index is 2.18. The summed E-state index contributed by atoms with van der Waals surface area (Å²) in [5.74, 6) is 0. The molecule has 1 atom stereocenters. The number of hydrogen-bond acceptors (Lipinski definition) is 2. The third kappa shape index (κ3) is 3.65. The third-order valence-electron chi connectivity index (χ3n) is 3.63. The Hall–Kier alpha value is -1.25. The Kier molecular flexibility index (Phi) is 5.69. The second-order valence-electron chi connectivity index (χ2n) is 5.06. The average molecular weight is 285 g/mol. The summed E-state index contributed by atoms with van der Waals surface area (Å²) in [6.07, 6.45) is 5.75. The van der Waals surface area contributed by atoms with Gasteiger partial charge in [-0.15, -0.1) is 11.8 Å². The van der Waals surface area contributed by atoms with Gasteiger partial charge in [0.15, 0.2) is 0 Å². The molecule has 1 unspecified atom stereocenters. The van der Waals surface area contributed by atoms with Crippen molar-refractivity contribution in [3.63, 3.8) is 0 Å². The molecule has 1 nitrogen and oxygen atoms in total. The monoisotopic (exact) mass is 285 g/mol. The van der Waals surface area contributed by atoms with Crippen molar-refractivity contribution in [2.24, 2.45) is 5.73 Å². The molecule has 0 spiro atoms. The average Bonchev–Trinajstić information content (AvgIpc) is 2.52. The SMILES string of the molecule is CCCCc1ccc(C(N)c2ccccc2SC)cc1. The summed E-state index contributed by atoms with van der Waals surface area (Å²) in [4.78, 5) is 1.26. The van der Waals surface area contributed by atoms with Gasteiger partial charge < -0.3 is 5.73 Å². The number of hydrogen-bond donors (Lipinski definition) is 1. The minimum Gasteiger partial charge on any atom is -0.320 e. The van der Waals surface area contributed by atoms with Crippen molar-refractivity contribution in [1.29, 1.82) is 0 Å². The highest BCUT2D eigenvalue weighted by Gasteiger charge is 2.12. The summed E-state index contributed by atoms with van der Waals surface area (Å²) < 4.78 is 0. The van der Waals surface area contributed by atoms with Crippen LogP contribution in [0.15, 0.2) is 53.4 Å². The first-order chi connectivity index (χ1) is 9.76. The standard InChI is InChI=1S/C18H23NS/c1-3-4-7-14-10-12-15(13-11-14)18(19)16-8-5-6-9-17(16)20-2/h5-6,8-13,18H,3-4,7,19H2,1-2H3. The van der Waals surface area contributed by atoms with Crippen LogP contribution in [-0.2, 0) is 6.42 Å². The van der Waals surface area contributed by atoms with Gasteiger partial charge in [0.25, 0.3) is 0 Å². The zero-order valence-electron chi connectivity index (χ0n) is 12.3. The van der Waals surface area contributed by atoms with Crippen LogP contribution in [0.4, 0.5) is 0 Å². The smallest absolute Gasteiger partial charge is 0.0562 e. The lowest BCUT2D eigenvalue weighted by molar-refractivity contribution is 0.792. The molecule has 0 saturated carbocycles. The first-order valence-corrected chi connectivity index (χ1v) is 8.46. The topological polar surface area (TPSA) is 26.0 Å². The van der Waals surface area contributed by atoms with Gasteiger partial charge in [-0.3, -0.25) is 0 Å². The molecule has 0 saturated heterocycles. The van der Waals surface area contributed by atoms with E-state index in [1.165, 1.54) is 34.4 Å². The maximum Gasteiger partial charge on any atom is 0.0562 e. The van der Waals surface area contributed by atoms with Crippen LogP contribution in [-0.4, -0.2) is 6.26 Å². The van der Waals surface area contributed by atoms with Gasteiger partial charge in [-0.1, -0.05) is 55.8 Å². The lowest BCUT2D eigenvalue weighted by atomic mass is 9.97. The molecular weight excluding hydrogens is 262 g/mol. The fourth-order valence-corrected chi connectivity index (χ4v) is 3.02. The van der Waals surface area contributed by atoms with E-state index in [1.54, 1.807) is 11.8 Å². The van der Waals surface area contributed by atoms with Gasteiger partial charge in [0.05, 0.1) is 6.04 Å². The predicted molar refractivity (Wildman–Crippen MR) is 89.3 cm³/mol. The van der Waals surface area contributed by atoms with Crippen LogP contribution < -0.4 is 5.73 Å². The molecular formula is C18H23NS. The van der Waals surface area contributed by atoms with E-state index in [0.29, 0.717) is 0 Å². The Labute approximate surface area is 126 Å². The fraction of sp³-hybridized carbons (Fsp3) is 0.333. The molecule has 0 amide bonds. The molecule has 0 fully saturated rings. The first-order valence-electron chi connectivity index (χ1n) is 7.23. The summed E-state index contributed by atoms with van der Waals surface area (Å²) in [5.41, 5.74) is 10.2. The number of nitrogens with two attached hydrogens (primary N) is 1. The van der Waals surface area contributed by atoms with Crippen LogP contribution in [0.1, 0.15) is 42.5 Å². The van der Waals surface area contributed by atoms with Crippen molar-refractivity contribution in [2.75, 3.05) is 6.26 Å². The van der Waals surface area contributed by atoms with E-state index in [-0.39, 0.29) is 6.04 Å². The van der Waals surface area contributed by atoms with Gasteiger partial charge in [-0.25, -0.2) is 0 Å². The van der Waals surface area contributed by atoms with Gasteiger partial charge in [-0.05, 0) is 41.9 Å². The summed E-state index contributed by atoms with van der Waals surface area (Å²) in [5, 5.41) is 0. The maximum absolute atomic E-state index is 6.43. The fourth-order valence-electron chi connectivity index (χ4n) is 2.38. The van der Waals surface area contributed by atoms with Gasteiger partial charge in [0.2, 0.25) is 0 Å². The highest BCUT2D eigenvalue weighted by molar-refractivity contribution is 7.98. The van der Waals surface area contributed by atoms with E-state index in [2.05, 4.69) is 61.7 Å². The molecule has 2 aromatic rings. The van der Waals surface area contributed by atoms with Crippen LogP contribution in [0, 0.1) is 0 Å². The summed E-state index contributed by atoms with van der Waals surface area (Å²) in [6.45, 7) is 2.23. The van der Waals surface area contributed by atoms with E-state index in [4.69, 9.17) is 5.73 Å². The molecule has 106 valence electrons. The lowest BCUT2D eigenvalue weighted by Gasteiger charge is -2.16. The second kappa shape index (κ2) is 7.51. The number of benzene rings is 2. The largest absolute Gasteiger partial charge is 0.320 e. The molecule has 2 rings (SSSR count). The summed E-state index contributed by atoms with van der Waals surface area (Å²) in [6, 6.07) is 17.1. The predicted octanol–water partition coefficient (Wildman–Crippen LogP) is 4.80. The van der Waals surface area contributed by atoms with E-state index in [0.717, 1.165) is 6.42 Å². The van der Waals surface area contributed by atoms with E-state index >= 15 is 0 Å². The molecule has 2 aromatic carbocycles. The zero-order chi connectivity index (χ0) is 14.4. The van der Waals surface area contributed by atoms with Crippen molar-refractivity contribution in [1.82, 2.24) is 0 Å². The molecule has 0 aliphatic carbocycles. The van der Waals surface area contributed by atoms with E-state index < -0.39 is 0 Å². The lowest BCUT2D eigenvalue weighted by Crippen LogP contribution is -2.12. The third-order valence-corrected chi connectivity index (χ3v) is 4.44. The van der Waals surface area contributed by atoms with E-state index in [1.807, 2.05) is 0 Å². The summed E-state index contributed by atoms with van der Waals surface area (Å²) >= 11 is 1.75. The molecule has 0 aliphatic rings. The van der Waals surface area contributed by atoms with Gasteiger partial charge in [0, 0.05) is 4.90 Å². The molecule has 0 aliphatic heterocycles. The van der Waals surface area contributed by atoms with Crippen LogP contribution >= 0.6 is 11.8 Å². The highest BCUT2D eigenvalue weighted by Crippen LogP contribution is 2.28. The van der Waals surface area contributed by atoms with Gasteiger partial charge in [0.1, 0.15) is 0 Å². The van der Waals surface area contributed by atoms with Crippen LogP contribution in [0.2, 0.25) is 0 Å². The minimum absolute atomic E-state index is 0.0427. The van der Waals surface area contributed by atoms with Crippen molar-refractivity contribution in [2.45, 2.75) is 37.1 Å². The molecule has 0 bridgehead atoms. The first kappa shape index (κ1) is 15.1. The highest BCUT2D eigenvalue weighted by atomic mass is 32.2. The zero-order valence-corrected chi connectivity index (χ0v) is 13.1. The molecule has 0 aromatic heterocycles. The molecule has 20 heavy (non-hydrogen) atoms. The van der Waals surface area contributed by atoms with Crippen molar-refractivity contribution in [3.05, 3.63) is 65.2 Å². The number of thioether (sulfide) groups is 1. The molecule has 2 N–H and O–H groups in total. The van der Waals surface area contributed by atoms with Crippen molar-refractivity contribution in [3.8, 4) is 0 Å². The minimum atomic E-state index is -0.0427. The second-order valence-corrected chi connectivity index (χ2v) is 5.91. The van der Waals surface area contributed by atoms with Gasteiger partial charge in [-0.2, -0.15) is 0 Å². The summed E-state index contributed by atoms with van der Waals surface area (Å²) in [7, 11) is 0. The normalized spacial score (nSPS) is 12.3. The molecule has 0 radical (unpaired) electrons. The van der Waals surface area contributed by atoms with Gasteiger partial charge >= 0.3 is 0 Å². The number of aryl methyl sites for hydroxylation is 1. The maximum atomic E-state index is 6.43. The quantitative estimate of drug-likeness (QED) is 0.772.